The van der Waals surface area contributed by atoms with E-state index in [0.29, 0.717) is 31.5 Å². The molecule has 1 saturated heterocycles. The molecule has 1 heterocycles. The van der Waals surface area contributed by atoms with Crippen LogP contribution in [-0.4, -0.2) is 69.6 Å². The average molecular weight is 395 g/mol. The van der Waals surface area contributed by atoms with Gasteiger partial charge in [-0.25, -0.2) is 12.7 Å². The van der Waals surface area contributed by atoms with Gasteiger partial charge in [-0.3, -0.25) is 4.99 Å². The fourth-order valence-corrected chi connectivity index (χ4v) is 4.81. The van der Waals surface area contributed by atoms with Crippen molar-refractivity contribution in [1.82, 2.24) is 14.5 Å². The minimum atomic E-state index is -3.12. The molecular weight excluding hydrogens is 360 g/mol. The molecule has 1 N–H and O–H groups in total. The molecule has 2 rings (SSSR count). The number of piperidine rings is 1. The van der Waals surface area contributed by atoms with Crippen molar-refractivity contribution >= 4 is 16.0 Å². The summed E-state index contributed by atoms with van der Waals surface area (Å²) in [4.78, 5) is 6.75. The first kappa shape index (κ1) is 21.7. The number of nitrogens with zero attached hydrogens (tertiary/aromatic N) is 3. The van der Waals surface area contributed by atoms with Gasteiger partial charge in [0.2, 0.25) is 10.0 Å². The van der Waals surface area contributed by atoms with Crippen LogP contribution >= 0.6 is 0 Å². The molecule has 0 amide bonds. The Morgan fingerprint density at radius 3 is 2.59 bits per heavy atom. The fourth-order valence-electron chi connectivity index (χ4n) is 3.88. The average Bonchev–Trinajstić information content (AvgIpc) is 2.64. The van der Waals surface area contributed by atoms with Gasteiger partial charge in [-0.05, 0) is 30.2 Å². The summed E-state index contributed by atoms with van der Waals surface area (Å²) < 4.78 is 24.8. The lowest BCUT2D eigenvalue weighted by Gasteiger charge is -2.39. The molecule has 1 aliphatic heterocycles. The number of hydrogen-bond donors (Lipinski definition) is 1. The van der Waals surface area contributed by atoms with Crippen molar-refractivity contribution in [2.45, 2.75) is 32.6 Å². The Labute approximate surface area is 164 Å². The van der Waals surface area contributed by atoms with Crippen molar-refractivity contribution in [3.63, 3.8) is 0 Å². The van der Waals surface area contributed by atoms with Gasteiger partial charge >= 0.3 is 0 Å². The lowest BCUT2D eigenvalue weighted by Crippen LogP contribution is -2.48. The van der Waals surface area contributed by atoms with Crippen LogP contribution in [0.2, 0.25) is 0 Å². The molecule has 1 aliphatic rings. The molecule has 27 heavy (non-hydrogen) atoms. The number of sulfonamides is 1. The normalized spacial score (nSPS) is 21.5. The van der Waals surface area contributed by atoms with E-state index in [2.05, 4.69) is 52.5 Å². The fraction of sp³-hybridized carbons (Fsp3) is 0.650. The summed E-state index contributed by atoms with van der Waals surface area (Å²) >= 11 is 0. The minimum absolute atomic E-state index is 0.512. The van der Waals surface area contributed by atoms with Gasteiger partial charge < -0.3 is 10.2 Å². The highest BCUT2D eigenvalue weighted by molar-refractivity contribution is 7.88. The maximum absolute atomic E-state index is 11.7. The van der Waals surface area contributed by atoms with Crippen molar-refractivity contribution in [1.29, 1.82) is 0 Å². The molecule has 0 bridgehead atoms. The van der Waals surface area contributed by atoms with Crippen LogP contribution in [0.4, 0.5) is 0 Å². The summed E-state index contributed by atoms with van der Waals surface area (Å²) in [5.41, 5.74) is 1.42. The highest BCUT2D eigenvalue weighted by atomic mass is 32.2. The Hall–Kier alpha value is -1.60. The topological polar surface area (TPSA) is 65.0 Å². The molecule has 1 aromatic rings. The Morgan fingerprint density at radius 1 is 1.33 bits per heavy atom. The highest BCUT2D eigenvalue weighted by Gasteiger charge is 2.28. The summed E-state index contributed by atoms with van der Waals surface area (Å²) in [7, 11) is -1.31. The Balaban J connectivity index is 1.83. The zero-order chi connectivity index (χ0) is 19.9. The van der Waals surface area contributed by atoms with E-state index in [4.69, 9.17) is 0 Å². The van der Waals surface area contributed by atoms with Crippen molar-refractivity contribution < 1.29 is 8.42 Å². The number of rotatable bonds is 7. The second kappa shape index (κ2) is 10.1. The molecule has 1 aromatic carbocycles. The maximum atomic E-state index is 11.7. The second-order valence-corrected chi connectivity index (χ2v) is 9.29. The van der Waals surface area contributed by atoms with Crippen LogP contribution in [0, 0.1) is 5.92 Å². The second-order valence-electron chi connectivity index (χ2n) is 7.31. The number of nitrogens with one attached hydrogen (secondary N) is 1. The van der Waals surface area contributed by atoms with E-state index in [1.807, 2.05) is 14.0 Å². The molecular formula is C20H34N4O2S. The van der Waals surface area contributed by atoms with Crippen molar-refractivity contribution in [3.05, 3.63) is 35.9 Å². The minimum Gasteiger partial charge on any atom is -0.356 e. The summed E-state index contributed by atoms with van der Waals surface area (Å²) in [6, 6.07) is 10.8. The molecule has 6 nitrogen and oxygen atoms in total. The first-order valence-electron chi connectivity index (χ1n) is 9.82. The lowest BCUT2D eigenvalue weighted by molar-refractivity contribution is 0.234. The van der Waals surface area contributed by atoms with Crippen LogP contribution in [0.15, 0.2) is 35.3 Å². The molecule has 0 saturated carbocycles. The number of benzene rings is 1. The van der Waals surface area contributed by atoms with E-state index in [1.165, 1.54) is 16.1 Å². The standard InChI is InChI=1S/C20H34N4O2S/c1-5-24(27(4,25)26)14-9-13-22-20(21-3)23-15-12-19(17(2)16-23)18-10-7-6-8-11-18/h6-8,10-11,17,19H,5,9,12-16H2,1-4H3,(H,21,22). The largest absolute Gasteiger partial charge is 0.356 e. The summed E-state index contributed by atoms with van der Waals surface area (Å²) in [5, 5.41) is 3.40. The van der Waals surface area contributed by atoms with Gasteiger partial charge in [-0.1, -0.05) is 44.2 Å². The summed E-state index contributed by atoms with van der Waals surface area (Å²) in [5.74, 6) is 2.06. The van der Waals surface area contributed by atoms with Crippen LogP contribution < -0.4 is 5.32 Å². The molecule has 0 aromatic heterocycles. The number of guanidine groups is 1. The van der Waals surface area contributed by atoms with E-state index < -0.39 is 10.0 Å². The smallest absolute Gasteiger partial charge is 0.211 e. The third-order valence-electron chi connectivity index (χ3n) is 5.33. The van der Waals surface area contributed by atoms with E-state index in [1.54, 1.807) is 0 Å². The number of aliphatic imine (C=N–C) groups is 1. The Bertz CT molecular complexity index is 706. The molecule has 2 unspecified atom stereocenters. The SMILES string of the molecule is CCN(CCCNC(=NC)N1CCC(c2ccccc2)C(C)C1)S(C)(=O)=O. The zero-order valence-corrected chi connectivity index (χ0v) is 17.9. The molecule has 152 valence electrons. The third kappa shape index (κ3) is 6.21. The monoisotopic (exact) mass is 394 g/mol. The van der Waals surface area contributed by atoms with E-state index in [0.717, 1.165) is 31.9 Å². The Kier molecular flexibility index (Phi) is 8.10. The van der Waals surface area contributed by atoms with Crippen LogP contribution in [-0.2, 0) is 10.0 Å². The van der Waals surface area contributed by atoms with Crippen LogP contribution in [0.1, 0.15) is 38.2 Å². The first-order valence-corrected chi connectivity index (χ1v) is 11.7. The van der Waals surface area contributed by atoms with Gasteiger partial charge in [0.15, 0.2) is 5.96 Å². The molecule has 1 fully saturated rings. The van der Waals surface area contributed by atoms with Crippen LogP contribution in [0.25, 0.3) is 0 Å². The predicted octanol–water partition coefficient (Wildman–Crippen LogP) is 2.36. The highest BCUT2D eigenvalue weighted by Crippen LogP contribution is 2.32. The lowest BCUT2D eigenvalue weighted by atomic mass is 9.82. The van der Waals surface area contributed by atoms with E-state index in [-0.39, 0.29) is 0 Å². The van der Waals surface area contributed by atoms with Gasteiger partial charge in [-0.2, -0.15) is 0 Å². The molecule has 2 atom stereocenters. The van der Waals surface area contributed by atoms with Crippen molar-refractivity contribution in [3.8, 4) is 0 Å². The number of hydrogen-bond acceptors (Lipinski definition) is 3. The van der Waals surface area contributed by atoms with Crippen molar-refractivity contribution in [2.75, 3.05) is 46.0 Å². The molecule has 0 aliphatic carbocycles. The summed E-state index contributed by atoms with van der Waals surface area (Å²) in [6.45, 7) is 7.89. The van der Waals surface area contributed by atoms with Crippen LogP contribution in [0.3, 0.4) is 0 Å². The first-order chi connectivity index (χ1) is 12.9. The number of likely N-dealkylation sites (tertiary alicyclic amines) is 1. The summed E-state index contributed by atoms with van der Waals surface area (Å²) in [6.07, 6.45) is 3.14. The third-order valence-corrected chi connectivity index (χ3v) is 6.71. The van der Waals surface area contributed by atoms with Gasteiger partial charge in [0.05, 0.1) is 6.26 Å². The van der Waals surface area contributed by atoms with Gasteiger partial charge in [0.25, 0.3) is 0 Å². The van der Waals surface area contributed by atoms with Crippen molar-refractivity contribution in [2.24, 2.45) is 10.9 Å². The molecule has 0 radical (unpaired) electrons. The predicted molar refractivity (Wildman–Crippen MR) is 113 cm³/mol. The van der Waals surface area contributed by atoms with E-state index >= 15 is 0 Å². The molecule has 0 spiro atoms. The Morgan fingerprint density at radius 2 is 2.04 bits per heavy atom. The zero-order valence-electron chi connectivity index (χ0n) is 17.1. The van der Waals surface area contributed by atoms with E-state index in [9.17, 15) is 8.42 Å². The van der Waals surface area contributed by atoms with Gasteiger partial charge in [0, 0.05) is 39.8 Å². The molecule has 7 heteroatoms. The van der Waals surface area contributed by atoms with Gasteiger partial charge in [-0.15, -0.1) is 0 Å². The van der Waals surface area contributed by atoms with Crippen LogP contribution in [0.5, 0.6) is 0 Å². The van der Waals surface area contributed by atoms with Gasteiger partial charge in [0.1, 0.15) is 0 Å². The quantitative estimate of drug-likeness (QED) is 0.438. The maximum Gasteiger partial charge on any atom is 0.211 e.